The number of fused-ring (bicyclic) bond motifs is 3. The number of aryl methyl sites for hydroxylation is 1. The fraction of sp³-hybridized carbons (Fsp3) is 0.333. The second-order valence-electron chi connectivity index (χ2n) is 5.25. The fourth-order valence-electron chi connectivity index (χ4n) is 3.15. The Bertz CT molecular complexity index is 599. The summed E-state index contributed by atoms with van der Waals surface area (Å²) in [6, 6.07) is 13.3. The number of hydrogen-bond acceptors (Lipinski definition) is 1. The molecule has 0 aromatic heterocycles. The van der Waals surface area contributed by atoms with Crippen LogP contribution in [-0.2, 0) is 24.2 Å². The molecule has 0 atom stereocenters. The smallest absolute Gasteiger partial charge is 0.0718 e. The Morgan fingerprint density at radius 2 is 1.89 bits per heavy atom. The molecule has 1 aliphatic rings. The lowest BCUT2D eigenvalue weighted by molar-refractivity contribution is 0.183. The molecule has 1 aliphatic carbocycles. The molecule has 1 heteroatoms. The predicted octanol–water partition coefficient (Wildman–Crippen LogP) is 4.36. The first-order chi connectivity index (χ1) is 9.35. The normalized spacial score (nSPS) is 12.3. The Hall–Kier alpha value is -1.60. The van der Waals surface area contributed by atoms with Crippen LogP contribution in [0.25, 0.3) is 11.1 Å². The van der Waals surface area contributed by atoms with Gasteiger partial charge in [-0.15, -0.1) is 0 Å². The van der Waals surface area contributed by atoms with Crippen molar-refractivity contribution < 1.29 is 4.74 Å². The molecule has 1 nitrogen and oxygen atoms in total. The van der Waals surface area contributed by atoms with Crippen molar-refractivity contribution in [1.82, 2.24) is 0 Å². The van der Waals surface area contributed by atoms with E-state index in [2.05, 4.69) is 43.3 Å². The molecule has 0 saturated heterocycles. The zero-order valence-electron chi connectivity index (χ0n) is 11.7. The van der Waals surface area contributed by atoms with Crippen molar-refractivity contribution in [1.29, 1.82) is 0 Å². The molecule has 0 radical (unpaired) electrons. The summed E-state index contributed by atoms with van der Waals surface area (Å²) in [5.41, 5.74) is 8.60. The number of rotatable bonds is 4. The first-order valence-corrected chi connectivity index (χ1v) is 7.06. The van der Waals surface area contributed by atoms with Crippen LogP contribution in [0.1, 0.15) is 35.6 Å². The molecule has 0 bridgehead atoms. The second kappa shape index (κ2) is 5.18. The SMILES string of the molecule is CCCc1ccc2c(c1COC)Cc1ccccc1-2. The Kier molecular flexibility index (Phi) is 3.39. The number of benzene rings is 2. The first-order valence-electron chi connectivity index (χ1n) is 7.06. The average Bonchev–Trinajstić information content (AvgIpc) is 2.81. The maximum atomic E-state index is 5.44. The van der Waals surface area contributed by atoms with Crippen LogP contribution < -0.4 is 0 Å². The Labute approximate surface area is 115 Å². The third kappa shape index (κ3) is 2.08. The zero-order chi connectivity index (χ0) is 13.2. The maximum Gasteiger partial charge on any atom is 0.0718 e. The summed E-state index contributed by atoms with van der Waals surface area (Å²) in [5, 5.41) is 0. The van der Waals surface area contributed by atoms with E-state index in [0.29, 0.717) is 0 Å². The Balaban J connectivity index is 2.13. The maximum absolute atomic E-state index is 5.44. The van der Waals surface area contributed by atoms with Gasteiger partial charge in [0.25, 0.3) is 0 Å². The van der Waals surface area contributed by atoms with Gasteiger partial charge < -0.3 is 4.74 Å². The molecule has 0 aliphatic heterocycles. The van der Waals surface area contributed by atoms with E-state index in [1.165, 1.54) is 39.8 Å². The second-order valence-corrected chi connectivity index (χ2v) is 5.25. The van der Waals surface area contributed by atoms with Crippen molar-refractivity contribution in [2.45, 2.75) is 32.8 Å². The standard InChI is InChI=1S/C18H20O/c1-3-6-13-9-10-16-15-8-5-4-7-14(15)11-17(16)18(13)12-19-2/h4-5,7-10H,3,6,11-12H2,1-2H3. The van der Waals surface area contributed by atoms with Gasteiger partial charge in [0.1, 0.15) is 0 Å². The molecule has 0 amide bonds. The lowest BCUT2D eigenvalue weighted by Crippen LogP contribution is -2.01. The van der Waals surface area contributed by atoms with E-state index in [9.17, 15) is 0 Å². The molecular weight excluding hydrogens is 232 g/mol. The molecule has 0 heterocycles. The topological polar surface area (TPSA) is 9.23 Å². The monoisotopic (exact) mass is 252 g/mol. The van der Waals surface area contributed by atoms with Crippen molar-refractivity contribution in [2.24, 2.45) is 0 Å². The molecule has 98 valence electrons. The van der Waals surface area contributed by atoms with E-state index >= 15 is 0 Å². The van der Waals surface area contributed by atoms with E-state index in [1.54, 1.807) is 7.11 Å². The van der Waals surface area contributed by atoms with Crippen molar-refractivity contribution in [3.63, 3.8) is 0 Å². The molecule has 19 heavy (non-hydrogen) atoms. The molecule has 2 aromatic carbocycles. The summed E-state index contributed by atoms with van der Waals surface area (Å²) in [6.45, 7) is 2.96. The summed E-state index contributed by atoms with van der Waals surface area (Å²) < 4.78 is 5.44. The third-order valence-electron chi connectivity index (χ3n) is 4.01. The van der Waals surface area contributed by atoms with E-state index in [4.69, 9.17) is 4.74 Å². The van der Waals surface area contributed by atoms with Crippen molar-refractivity contribution in [3.8, 4) is 11.1 Å². The van der Waals surface area contributed by atoms with Crippen molar-refractivity contribution in [3.05, 3.63) is 58.7 Å². The van der Waals surface area contributed by atoms with Crippen LogP contribution in [-0.4, -0.2) is 7.11 Å². The lowest BCUT2D eigenvalue weighted by Gasteiger charge is -2.13. The highest BCUT2D eigenvalue weighted by Gasteiger charge is 2.22. The number of ether oxygens (including phenoxy) is 1. The van der Waals surface area contributed by atoms with Crippen LogP contribution in [0.15, 0.2) is 36.4 Å². The molecule has 0 fully saturated rings. The van der Waals surface area contributed by atoms with E-state index in [1.807, 2.05) is 0 Å². The predicted molar refractivity (Wildman–Crippen MR) is 79.4 cm³/mol. The highest BCUT2D eigenvalue weighted by Crippen LogP contribution is 2.39. The van der Waals surface area contributed by atoms with E-state index in [0.717, 1.165) is 19.4 Å². The van der Waals surface area contributed by atoms with Gasteiger partial charge in [-0.25, -0.2) is 0 Å². The summed E-state index contributed by atoms with van der Waals surface area (Å²) in [7, 11) is 1.79. The van der Waals surface area contributed by atoms with Crippen molar-refractivity contribution >= 4 is 0 Å². The van der Waals surface area contributed by atoms with Gasteiger partial charge in [0.2, 0.25) is 0 Å². The largest absolute Gasteiger partial charge is 0.380 e. The van der Waals surface area contributed by atoms with Gasteiger partial charge in [-0.05, 0) is 46.2 Å². The molecule has 2 aromatic rings. The Morgan fingerprint density at radius 1 is 1.05 bits per heavy atom. The molecule has 0 spiro atoms. The van der Waals surface area contributed by atoms with Gasteiger partial charge in [0, 0.05) is 7.11 Å². The third-order valence-corrected chi connectivity index (χ3v) is 4.01. The minimum Gasteiger partial charge on any atom is -0.380 e. The van der Waals surface area contributed by atoms with Gasteiger partial charge >= 0.3 is 0 Å². The lowest BCUT2D eigenvalue weighted by atomic mass is 9.94. The zero-order valence-corrected chi connectivity index (χ0v) is 11.7. The minimum atomic E-state index is 0.729. The van der Waals surface area contributed by atoms with E-state index in [-0.39, 0.29) is 0 Å². The minimum absolute atomic E-state index is 0.729. The molecule has 3 rings (SSSR count). The summed E-state index contributed by atoms with van der Waals surface area (Å²) in [5.74, 6) is 0. The van der Waals surface area contributed by atoms with Gasteiger partial charge in [-0.2, -0.15) is 0 Å². The Morgan fingerprint density at radius 3 is 2.68 bits per heavy atom. The van der Waals surface area contributed by atoms with Crippen LogP contribution in [0.4, 0.5) is 0 Å². The van der Waals surface area contributed by atoms with Crippen molar-refractivity contribution in [2.75, 3.05) is 7.11 Å². The molecule has 0 saturated carbocycles. The average molecular weight is 252 g/mol. The number of methoxy groups -OCH3 is 1. The van der Waals surface area contributed by atoms with Gasteiger partial charge in [0.15, 0.2) is 0 Å². The summed E-state index contributed by atoms with van der Waals surface area (Å²) in [6.07, 6.45) is 3.38. The molecular formula is C18H20O. The molecule has 0 N–H and O–H groups in total. The van der Waals surface area contributed by atoms with Crippen LogP contribution >= 0.6 is 0 Å². The van der Waals surface area contributed by atoms with Gasteiger partial charge in [-0.3, -0.25) is 0 Å². The van der Waals surface area contributed by atoms with Gasteiger partial charge in [-0.1, -0.05) is 49.7 Å². The summed E-state index contributed by atoms with van der Waals surface area (Å²) in [4.78, 5) is 0. The van der Waals surface area contributed by atoms with Crippen LogP contribution in [0.5, 0.6) is 0 Å². The summed E-state index contributed by atoms with van der Waals surface area (Å²) >= 11 is 0. The van der Waals surface area contributed by atoms with Crippen LogP contribution in [0.2, 0.25) is 0 Å². The first kappa shape index (κ1) is 12.4. The number of hydrogen-bond donors (Lipinski definition) is 0. The fourth-order valence-corrected chi connectivity index (χ4v) is 3.15. The van der Waals surface area contributed by atoms with Crippen LogP contribution in [0, 0.1) is 0 Å². The van der Waals surface area contributed by atoms with Gasteiger partial charge in [0.05, 0.1) is 6.61 Å². The highest BCUT2D eigenvalue weighted by molar-refractivity contribution is 5.78. The van der Waals surface area contributed by atoms with E-state index < -0.39 is 0 Å². The van der Waals surface area contributed by atoms with Crippen LogP contribution in [0.3, 0.4) is 0 Å². The quantitative estimate of drug-likeness (QED) is 0.670. The highest BCUT2D eigenvalue weighted by atomic mass is 16.5. The molecule has 0 unspecified atom stereocenters.